The molecule has 4 rings (SSSR count). The fourth-order valence-corrected chi connectivity index (χ4v) is 7.26. The number of thiophene rings is 2. The van der Waals surface area contributed by atoms with Crippen molar-refractivity contribution < 1.29 is 22.7 Å². The van der Waals surface area contributed by atoms with E-state index in [0.29, 0.717) is 27.6 Å². The summed E-state index contributed by atoms with van der Waals surface area (Å²) in [5, 5.41) is 5.81. The molecule has 1 aliphatic heterocycles. The minimum absolute atomic E-state index is 0.208. The number of fused-ring (bicyclic) bond motifs is 1. The molecule has 1 fully saturated rings. The molecular weight excluding hydrogens is 444 g/mol. The van der Waals surface area contributed by atoms with Crippen molar-refractivity contribution in [1.82, 2.24) is 4.31 Å². The van der Waals surface area contributed by atoms with Gasteiger partial charge in [0.15, 0.2) is 0 Å². The summed E-state index contributed by atoms with van der Waals surface area (Å²) in [6.45, 7) is 0.573. The lowest BCUT2D eigenvalue weighted by atomic mass is 9.97. The molecule has 0 saturated carbocycles. The predicted molar refractivity (Wildman–Crippen MR) is 118 cm³/mol. The summed E-state index contributed by atoms with van der Waals surface area (Å²) >= 11 is 2.51. The van der Waals surface area contributed by atoms with Crippen LogP contribution in [-0.2, 0) is 19.6 Å². The van der Waals surface area contributed by atoms with E-state index < -0.39 is 16.0 Å². The van der Waals surface area contributed by atoms with Crippen LogP contribution in [0.5, 0.6) is 0 Å². The zero-order valence-electron chi connectivity index (χ0n) is 16.2. The first-order chi connectivity index (χ1) is 14.4. The largest absolute Gasteiger partial charge is 0.465 e. The van der Waals surface area contributed by atoms with Crippen LogP contribution in [-0.4, -0.2) is 44.8 Å². The molecule has 1 N–H and O–H groups in total. The van der Waals surface area contributed by atoms with Crippen molar-refractivity contribution in [1.29, 1.82) is 0 Å². The van der Waals surface area contributed by atoms with Gasteiger partial charge < -0.3 is 10.1 Å². The van der Waals surface area contributed by atoms with Crippen LogP contribution >= 0.6 is 22.7 Å². The highest BCUT2D eigenvalue weighted by Gasteiger charge is 2.33. The second kappa shape index (κ2) is 8.46. The van der Waals surface area contributed by atoms with Crippen LogP contribution in [0.25, 0.3) is 10.1 Å². The monoisotopic (exact) mass is 464 g/mol. The van der Waals surface area contributed by atoms with Gasteiger partial charge in [-0.25, -0.2) is 13.2 Å². The van der Waals surface area contributed by atoms with Crippen molar-refractivity contribution in [3.8, 4) is 0 Å². The van der Waals surface area contributed by atoms with Crippen molar-refractivity contribution in [2.45, 2.75) is 17.1 Å². The Morgan fingerprint density at radius 3 is 2.53 bits per heavy atom. The number of rotatable bonds is 5. The lowest BCUT2D eigenvalue weighted by Gasteiger charge is -2.30. The number of sulfonamides is 1. The van der Waals surface area contributed by atoms with Gasteiger partial charge in [-0.1, -0.05) is 24.3 Å². The Labute approximate surface area is 182 Å². The number of ether oxygens (including phenoxy) is 1. The number of hydrogen-bond donors (Lipinski definition) is 1. The molecule has 3 aromatic rings. The lowest BCUT2D eigenvalue weighted by Crippen LogP contribution is -2.41. The van der Waals surface area contributed by atoms with Crippen LogP contribution in [0.4, 0.5) is 5.00 Å². The zero-order chi connectivity index (χ0) is 21.3. The van der Waals surface area contributed by atoms with Crippen molar-refractivity contribution in [2.24, 2.45) is 5.92 Å². The molecule has 1 aliphatic rings. The molecule has 10 heteroatoms. The first-order valence-electron chi connectivity index (χ1n) is 9.36. The summed E-state index contributed by atoms with van der Waals surface area (Å²) in [5.41, 5.74) is 0.351. The van der Waals surface area contributed by atoms with E-state index in [4.69, 9.17) is 4.74 Å². The quantitative estimate of drug-likeness (QED) is 0.580. The summed E-state index contributed by atoms with van der Waals surface area (Å²) in [6.07, 6.45) is 0.851. The smallest absolute Gasteiger partial charge is 0.341 e. The average molecular weight is 465 g/mol. The molecule has 1 saturated heterocycles. The third kappa shape index (κ3) is 3.87. The van der Waals surface area contributed by atoms with Crippen LogP contribution in [0.1, 0.15) is 23.2 Å². The number of methoxy groups -OCH3 is 1. The van der Waals surface area contributed by atoms with Crippen LogP contribution in [0, 0.1) is 5.92 Å². The molecule has 158 valence electrons. The number of anilines is 1. The Hall–Kier alpha value is -2.27. The summed E-state index contributed by atoms with van der Waals surface area (Å²) in [7, 11) is -2.19. The van der Waals surface area contributed by atoms with Crippen molar-refractivity contribution in [3.05, 3.63) is 47.3 Å². The minimum Gasteiger partial charge on any atom is -0.465 e. The van der Waals surface area contributed by atoms with Gasteiger partial charge in [0.05, 0.1) is 7.11 Å². The summed E-state index contributed by atoms with van der Waals surface area (Å²) < 4.78 is 32.8. The standard InChI is InChI=1S/C20H20N2O5S3/c1-27-20(24)17-14-5-2-3-6-15(14)29-19(17)21-18(23)13-8-10-22(11-9-13)30(25,26)16-7-4-12-28-16/h2-7,12-13H,8-11H2,1H3,(H,21,23). The van der Waals surface area contributed by atoms with Crippen LogP contribution in [0.15, 0.2) is 46.0 Å². The predicted octanol–water partition coefficient (Wildman–Crippen LogP) is 3.79. The second-order valence-corrected chi connectivity index (χ2v) is 11.1. The van der Waals surface area contributed by atoms with Gasteiger partial charge in [-0.3, -0.25) is 4.79 Å². The van der Waals surface area contributed by atoms with Crippen molar-refractivity contribution in [2.75, 3.05) is 25.5 Å². The maximum Gasteiger partial charge on any atom is 0.341 e. The number of nitrogens with one attached hydrogen (secondary N) is 1. The van der Waals surface area contributed by atoms with Crippen LogP contribution in [0.3, 0.4) is 0 Å². The van der Waals surface area contributed by atoms with Gasteiger partial charge in [-0.15, -0.1) is 22.7 Å². The number of hydrogen-bond acceptors (Lipinski definition) is 7. The van der Waals surface area contributed by atoms with E-state index in [2.05, 4.69) is 5.32 Å². The maximum absolute atomic E-state index is 12.9. The molecule has 2 aromatic heterocycles. The number of piperidine rings is 1. The SMILES string of the molecule is COC(=O)c1c(NC(=O)C2CCN(S(=O)(=O)c3cccs3)CC2)sc2ccccc12. The Bertz CT molecular complexity index is 1180. The Balaban J connectivity index is 1.48. The molecule has 0 unspecified atom stereocenters. The van der Waals surface area contributed by atoms with Gasteiger partial charge in [-0.05, 0) is 30.4 Å². The molecule has 0 spiro atoms. The molecule has 7 nitrogen and oxygen atoms in total. The highest BCUT2D eigenvalue weighted by Crippen LogP contribution is 2.37. The molecule has 0 atom stereocenters. The molecule has 0 aliphatic carbocycles. The first kappa shape index (κ1) is 21.0. The molecule has 3 heterocycles. The second-order valence-electron chi connectivity index (χ2n) is 6.89. The van der Waals surface area contributed by atoms with E-state index in [-0.39, 0.29) is 24.9 Å². The zero-order valence-corrected chi connectivity index (χ0v) is 18.6. The summed E-state index contributed by atoms with van der Waals surface area (Å²) in [4.78, 5) is 25.2. The Morgan fingerprint density at radius 2 is 1.87 bits per heavy atom. The Kier molecular flexibility index (Phi) is 5.92. The first-order valence-corrected chi connectivity index (χ1v) is 12.5. The van der Waals surface area contributed by atoms with Gasteiger partial charge in [-0.2, -0.15) is 4.31 Å². The lowest BCUT2D eigenvalue weighted by molar-refractivity contribution is -0.120. The number of carbonyl (C=O) groups excluding carboxylic acids is 2. The fourth-order valence-electron chi connectivity index (χ4n) is 3.55. The van der Waals surface area contributed by atoms with E-state index in [1.807, 2.05) is 24.3 Å². The van der Waals surface area contributed by atoms with E-state index in [0.717, 1.165) is 10.1 Å². The minimum atomic E-state index is -3.50. The van der Waals surface area contributed by atoms with E-state index in [1.165, 1.54) is 34.1 Å². The van der Waals surface area contributed by atoms with Crippen LogP contribution in [0.2, 0.25) is 0 Å². The highest BCUT2D eigenvalue weighted by molar-refractivity contribution is 7.91. The van der Waals surface area contributed by atoms with E-state index in [9.17, 15) is 18.0 Å². The number of nitrogens with zero attached hydrogens (tertiary/aromatic N) is 1. The van der Waals surface area contributed by atoms with E-state index in [1.54, 1.807) is 17.5 Å². The topological polar surface area (TPSA) is 92.8 Å². The fraction of sp³-hybridized carbons (Fsp3) is 0.300. The molecule has 0 bridgehead atoms. The molecule has 1 aromatic carbocycles. The van der Waals surface area contributed by atoms with Gasteiger partial charge in [0.2, 0.25) is 5.91 Å². The van der Waals surface area contributed by atoms with Gasteiger partial charge in [0.25, 0.3) is 10.0 Å². The Morgan fingerprint density at radius 1 is 1.13 bits per heavy atom. The number of carbonyl (C=O) groups is 2. The van der Waals surface area contributed by atoms with Gasteiger partial charge in [0, 0.05) is 29.1 Å². The van der Waals surface area contributed by atoms with E-state index >= 15 is 0 Å². The third-order valence-electron chi connectivity index (χ3n) is 5.14. The normalized spacial score (nSPS) is 15.9. The molecule has 0 radical (unpaired) electrons. The van der Waals surface area contributed by atoms with Crippen LogP contribution < -0.4 is 5.32 Å². The number of esters is 1. The molecule has 30 heavy (non-hydrogen) atoms. The molecular formula is C20H20N2O5S3. The van der Waals surface area contributed by atoms with Gasteiger partial charge >= 0.3 is 5.97 Å². The third-order valence-corrected chi connectivity index (χ3v) is 9.49. The maximum atomic E-state index is 12.9. The highest BCUT2D eigenvalue weighted by atomic mass is 32.2. The molecule has 1 amide bonds. The van der Waals surface area contributed by atoms with Crippen molar-refractivity contribution in [3.63, 3.8) is 0 Å². The van der Waals surface area contributed by atoms with Crippen molar-refractivity contribution >= 4 is 59.7 Å². The summed E-state index contributed by atoms with van der Waals surface area (Å²) in [5.74, 6) is -1.03. The van der Waals surface area contributed by atoms with Gasteiger partial charge in [0.1, 0.15) is 14.8 Å². The number of amides is 1. The number of benzene rings is 1. The summed E-state index contributed by atoms with van der Waals surface area (Å²) in [6, 6.07) is 10.7. The average Bonchev–Trinajstić information content (AvgIpc) is 3.41.